The molecule has 2 N–H and O–H groups in total. The maximum Gasteiger partial charge on any atom is 0.251 e. The van der Waals surface area contributed by atoms with Gasteiger partial charge in [0, 0.05) is 57.7 Å². The average Bonchev–Trinajstić information content (AvgIpc) is 3.48. The number of benzene rings is 1. The number of amides is 3. The molecule has 2 fully saturated rings. The second-order valence-electron chi connectivity index (χ2n) is 8.06. The van der Waals surface area contributed by atoms with Crippen molar-refractivity contribution >= 4 is 44.4 Å². The Morgan fingerprint density at radius 1 is 1.00 bits per heavy atom. The standard InChI is InChI=1S/C22H29N5O3S/c28-19-5-1-11-26(19)13-3-9-23-21(30)16-7-8-17-18(15-16)31-22(25-17)24-10-4-14-27-12-2-6-20(27)29/h7-8,15H,1-6,9-14H2,(H,23,30)(H,24,25). The largest absolute Gasteiger partial charge is 0.361 e. The Kier molecular flexibility index (Phi) is 7.01. The Bertz CT molecular complexity index is 960. The van der Waals surface area contributed by atoms with Crippen LogP contribution < -0.4 is 10.6 Å². The molecule has 166 valence electrons. The molecular weight excluding hydrogens is 414 g/mol. The van der Waals surface area contributed by atoms with Crippen LogP contribution in [0.2, 0.25) is 0 Å². The maximum atomic E-state index is 12.5. The number of hydrogen-bond acceptors (Lipinski definition) is 6. The molecule has 1 aromatic carbocycles. The topological polar surface area (TPSA) is 94.6 Å². The van der Waals surface area contributed by atoms with E-state index in [1.165, 1.54) is 11.3 Å². The van der Waals surface area contributed by atoms with E-state index < -0.39 is 0 Å². The molecule has 0 radical (unpaired) electrons. The molecule has 0 bridgehead atoms. The molecule has 0 unspecified atom stereocenters. The molecule has 4 rings (SSSR count). The van der Waals surface area contributed by atoms with Gasteiger partial charge < -0.3 is 20.4 Å². The molecule has 0 saturated carbocycles. The summed E-state index contributed by atoms with van der Waals surface area (Å²) in [7, 11) is 0. The summed E-state index contributed by atoms with van der Waals surface area (Å²) in [4.78, 5) is 44.1. The Morgan fingerprint density at radius 2 is 1.68 bits per heavy atom. The quantitative estimate of drug-likeness (QED) is 0.550. The van der Waals surface area contributed by atoms with Crippen molar-refractivity contribution in [1.82, 2.24) is 20.1 Å². The number of carbonyl (C=O) groups excluding carboxylic acids is 3. The van der Waals surface area contributed by atoms with Gasteiger partial charge in [-0.25, -0.2) is 4.98 Å². The minimum absolute atomic E-state index is 0.104. The van der Waals surface area contributed by atoms with Crippen molar-refractivity contribution in [2.75, 3.05) is 44.6 Å². The maximum absolute atomic E-state index is 12.5. The Hall–Kier alpha value is -2.68. The molecule has 0 atom stereocenters. The lowest BCUT2D eigenvalue weighted by Gasteiger charge is -2.15. The molecule has 3 heterocycles. The van der Waals surface area contributed by atoms with Crippen LogP contribution in [0.1, 0.15) is 48.9 Å². The van der Waals surface area contributed by atoms with Crippen LogP contribution in [0, 0.1) is 0 Å². The van der Waals surface area contributed by atoms with Gasteiger partial charge in [-0.3, -0.25) is 14.4 Å². The Labute approximate surface area is 186 Å². The number of aromatic nitrogens is 1. The van der Waals surface area contributed by atoms with Gasteiger partial charge in [0.15, 0.2) is 5.13 Å². The summed E-state index contributed by atoms with van der Waals surface area (Å²) in [5.74, 6) is 0.374. The molecule has 8 nitrogen and oxygen atoms in total. The number of carbonyl (C=O) groups is 3. The predicted octanol–water partition coefficient (Wildman–Crippen LogP) is 2.46. The summed E-state index contributed by atoms with van der Waals surface area (Å²) in [5, 5.41) is 7.10. The second-order valence-corrected chi connectivity index (χ2v) is 9.09. The van der Waals surface area contributed by atoms with E-state index >= 15 is 0 Å². The Balaban J connectivity index is 1.22. The molecule has 2 aliphatic rings. The van der Waals surface area contributed by atoms with Crippen LogP contribution in [0.5, 0.6) is 0 Å². The van der Waals surface area contributed by atoms with Crippen molar-refractivity contribution in [2.24, 2.45) is 0 Å². The third-order valence-electron chi connectivity index (χ3n) is 5.76. The molecule has 9 heteroatoms. The molecule has 0 aliphatic carbocycles. The van der Waals surface area contributed by atoms with E-state index in [-0.39, 0.29) is 17.7 Å². The normalized spacial score (nSPS) is 16.5. The van der Waals surface area contributed by atoms with Gasteiger partial charge in [-0.05, 0) is 43.9 Å². The van der Waals surface area contributed by atoms with Crippen LogP contribution in [0.25, 0.3) is 10.2 Å². The van der Waals surface area contributed by atoms with Gasteiger partial charge >= 0.3 is 0 Å². The first-order chi connectivity index (χ1) is 15.1. The van der Waals surface area contributed by atoms with Crippen molar-refractivity contribution < 1.29 is 14.4 Å². The number of rotatable bonds is 10. The van der Waals surface area contributed by atoms with Gasteiger partial charge in [-0.1, -0.05) is 11.3 Å². The van der Waals surface area contributed by atoms with E-state index in [0.29, 0.717) is 31.5 Å². The Morgan fingerprint density at radius 3 is 2.32 bits per heavy atom. The molecule has 1 aromatic heterocycles. The van der Waals surface area contributed by atoms with Gasteiger partial charge in [0.2, 0.25) is 11.8 Å². The van der Waals surface area contributed by atoms with Gasteiger partial charge in [-0.15, -0.1) is 0 Å². The van der Waals surface area contributed by atoms with E-state index in [4.69, 9.17) is 0 Å². The van der Waals surface area contributed by atoms with E-state index in [1.54, 1.807) is 6.07 Å². The molecule has 2 aromatic rings. The minimum Gasteiger partial charge on any atom is -0.361 e. The fraction of sp³-hybridized carbons (Fsp3) is 0.545. The lowest BCUT2D eigenvalue weighted by molar-refractivity contribution is -0.128. The highest BCUT2D eigenvalue weighted by molar-refractivity contribution is 7.22. The highest BCUT2D eigenvalue weighted by Crippen LogP contribution is 2.27. The zero-order valence-electron chi connectivity index (χ0n) is 17.7. The summed E-state index contributed by atoms with van der Waals surface area (Å²) >= 11 is 1.53. The zero-order chi connectivity index (χ0) is 21.6. The van der Waals surface area contributed by atoms with Crippen LogP contribution in [0.3, 0.4) is 0 Å². The molecule has 2 aliphatic heterocycles. The highest BCUT2D eigenvalue weighted by atomic mass is 32.1. The van der Waals surface area contributed by atoms with Crippen molar-refractivity contribution in [1.29, 1.82) is 0 Å². The van der Waals surface area contributed by atoms with Gasteiger partial charge in [0.1, 0.15) is 0 Å². The molecule has 2 saturated heterocycles. The van der Waals surface area contributed by atoms with Crippen LogP contribution in [0.15, 0.2) is 18.2 Å². The average molecular weight is 444 g/mol. The van der Waals surface area contributed by atoms with Crippen molar-refractivity contribution in [3.8, 4) is 0 Å². The number of fused-ring (bicyclic) bond motifs is 1. The number of likely N-dealkylation sites (tertiary alicyclic amines) is 2. The third-order valence-corrected chi connectivity index (χ3v) is 6.74. The number of thiazole rings is 1. The summed E-state index contributed by atoms with van der Waals surface area (Å²) in [6, 6.07) is 5.54. The summed E-state index contributed by atoms with van der Waals surface area (Å²) < 4.78 is 0.965. The lowest BCUT2D eigenvalue weighted by Crippen LogP contribution is -2.30. The smallest absolute Gasteiger partial charge is 0.251 e. The number of nitrogens with zero attached hydrogens (tertiary/aromatic N) is 3. The van der Waals surface area contributed by atoms with Crippen molar-refractivity contribution in [3.63, 3.8) is 0 Å². The monoisotopic (exact) mass is 443 g/mol. The third kappa shape index (κ3) is 5.52. The second kappa shape index (κ2) is 10.1. The van der Waals surface area contributed by atoms with Crippen LogP contribution in [-0.4, -0.2) is 71.8 Å². The molecular formula is C22H29N5O3S. The summed E-state index contributed by atoms with van der Waals surface area (Å²) in [5.41, 5.74) is 1.49. The lowest BCUT2D eigenvalue weighted by atomic mass is 10.2. The summed E-state index contributed by atoms with van der Waals surface area (Å²) in [6.07, 6.45) is 4.89. The van der Waals surface area contributed by atoms with Crippen LogP contribution >= 0.6 is 11.3 Å². The van der Waals surface area contributed by atoms with Gasteiger partial charge in [0.05, 0.1) is 10.2 Å². The first kappa shape index (κ1) is 21.5. The zero-order valence-corrected chi connectivity index (χ0v) is 18.5. The van der Waals surface area contributed by atoms with Crippen molar-refractivity contribution in [3.05, 3.63) is 23.8 Å². The van der Waals surface area contributed by atoms with Crippen LogP contribution in [0.4, 0.5) is 5.13 Å². The highest BCUT2D eigenvalue weighted by Gasteiger charge is 2.20. The SMILES string of the molecule is O=C(NCCCN1CCCC1=O)c1ccc2nc(NCCCN3CCCC3=O)sc2c1. The van der Waals surface area contributed by atoms with Gasteiger partial charge in [0.25, 0.3) is 5.91 Å². The van der Waals surface area contributed by atoms with E-state index in [2.05, 4.69) is 15.6 Å². The van der Waals surface area contributed by atoms with Crippen molar-refractivity contribution in [2.45, 2.75) is 38.5 Å². The first-order valence-electron chi connectivity index (χ1n) is 11.1. The molecule has 3 amide bonds. The molecule has 0 spiro atoms. The van der Waals surface area contributed by atoms with Gasteiger partial charge in [-0.2, -0.15) is 0 Å². The van der Waals surface area contributed by atoms with E-state index in [1.807, 2.05) is 21.9 Å². The number of hydrogen-bond donors (Lipinski definition) is 2. The minimum atomic E-state index is -0.104. The summed E-state index contributed by atoms with van der Waals surface area (Å²) in [6.45, 7) is 4.51. The first-order valence-corrected chi connectivity index (χ1v) is 11.9. The van der Waals surface area contributed by atoms with E-state index in [9.17, 15) is 14.4 Å². The number of nitrogens with one attached hydrogen (secondary N) is 2. The van der Waals surface area contributed by atoms with E-state index in [0.717, 1.165) is 67.2 Å². The fourth-order valence-electron chi connectivity index (χ4n) is 4.06. The fourth-order valence-corrected chi connectivity index (χ4v) is 4.99. The number of anilines is 1. The molecule has 31 heavy (non-hydrogen) atoms. The predicted molar refractivity (Wildman–Crippen MR) is 121 cm³/mol. The van der Waals surface area contributed by atoms with Crippen LogP contribution in [-0.2, 0) is 9.59 Å².